The van der Waals surface area contributed by atoms with Gasteiger partial charge < -0.3 is 25.0 Å². The van der Waals surface area contributed by atoms with Crippen LogP contribution in [0.25, 0.3) is 22.0 Å². The molecule has 8 heteroatoms. The summed E-state index contributed by atoms with van der Waals surface area (Å²) in [6.45, 7) is 10.1. The summed E-state index contributed by atoms with van der Waals surface area (Å²) >= 11 is 0. The first kappa shape index (κ1) is 27.1. The summed E-state index contributed by atoms with van der Waals surface area (Å²) in [4.78, 5) is 20.1. The fourth-order valence-electron chi connectivity index (χ4n) is 4.65. The molecule has 0 bridgehead atoms. The van der Waals surface area contributed by atoms with Gasteiger partial charge in [0.05, 0.1) is 30.7 Å². The van der Waals surface area contributed by atoms with Crippen LogP contribution in [0.5, 0.6) is 5.75 Å². The molecule has 198 valence electrons. The lowest BCUT2D eigenvalue weighted by Crippen LogP contribution is -2.45. The number of fused-ring (bicyclic) bond motifs is 1. The third kappa shape index (κ3) is 6.68. The molecule has 0 atom stereocenters. The van der Waals surface area contributed by atoms with Gasteiger partial charge in [0.25, 0.3) is 5.91 Å². The number of methoxy groups -OCH3 is 1. The number of hydrogen-bond acceptors (Lipinski definition) is 7. The lowest BCUT2D eigenvalue weighted by atomic mass is 10.0. The summed E-state index contributed by atoms with van der Waals surface area (Å²) in [6, 6.07) is 17.7. The van der Waals surface area contributed by atoms with Crippen molar-refractivity contribution in [3.63, 3.8) is 0 Å². The van der Waals surface area contributed by atoms with Crippen LogP contribution in [0.2, 0.25) is 0 Å². The van der Waals surface area contributed by atoms with E-state index in [0.717, 1.165) is 61.1 Å². The topological polar surface area (TPSA) is 99.5 Å². The molecule has 4 rings (SSSR count). The number of benzene rings is 2. The van der Waals surface area contributed by atoms with Crippen molar-refractivity contribution in [2.24, 2.45) is 0 Å². The quantitative estimate of drug-likeness (QED) is 0.361. The largest absolute Gasteiger partial charge is 0.492 e. The van der Waals surface area contributed by atoms with Gasteiger partial charge in [0.2, 0.25) is 0 Å². The summed E-state index contributed by atoms with van der Waals surface area (Å²) in [7, 11) is 1.72. The summed E-state index contributed by atoms with van der Waals surface area (Å²) in [6.07, 6.45) is 1.83. The third-order valence-corrected chi connectivity index (χ3v) is 6.73. The minimum atomic E-state index is -0.154. The van der Waals surface area contributed by atoms with Crippen LogP contribution < -0.4 is 15.4 Å². The summed E-state index contributed by atoms with van der Waals surface area (Å²) in [5.74, 6) is 0.552. The molecule has 0 aliphatic carbocycles. The normalized spacial score (nSPS) is 14.1. The third-order valence-electron chi connectivity index (χ3n) is 6.73. The molecule has 1 amide bonds. The Bertz CT molecular complexity index is 1330. The number of rotatable bonds is 11. The van der Waals surface area contributed by atoms with Gasteiger partial charge in [-0.15, -0.1) is 0 Å². The smallest absolute Gasteiger partial charge is 0.270 e. The molecule has 1 aromatic heterocycles. The number of aromatic nitrogens is 1. The maximum atomic E-state index is 13.0. The number of carbonyl (C=O) groups excluding carboxylic acids is 1. The van der Waals surface area contributed by atoms with Crippen molar-refractivity contribution in [2.75, 3.05) is 51.8 Å². The second-order valence-corrected chi connectivity index (χ2v) is 9.37. The summed E-state index contributed by atoms with van der Waals surface area (Å²) in [5.41, 5.74) is 3.23. The molecule has 1 fully saturated rings. The molecule has 0 saturated carbocycles. The predicted molar refractivity (Wildman–Crippen MR) is 150 cm³/mol. The van der Waals surface area contributed by atoms with E-state index in [1.165, 1.54) is 0 Å². The van der Waals surface area contributed by atoms with Crippen molar-refractivity contribution >= 4 is 22.4 Å². The molecule has 1 aliphatic rings. The Labute approximate surface area is 224 Å². The van der Waals surface area contributed by atoms with Crippen molar-refractivity contribution in [3.05, 3.63) is 66.4 Å². The van der Waals surface area contributed by atoms with Crippen LogP contribution >= 0.6 is 0 Å². The molecule has 8 nitrogen and oxygen atoms in total. The number of hydrogen-bond donors (Lipinski definition) is 2. The number of amides is 1. The van der Waals surface area contributed by atoms with Gasteiger partial charge in [-0.05, 0) is 49.4 Å². The van der Waals surface area contributed by atoms with E-state index in [2.05, 4.69) is 28.2 Å². The number of nitrogens with one attached hydrogen (secondary N) is 2. The first-order chi connectivity index (χ1) is 18.5. The average Bonchev–Trinajstić information content (AvgIpc) is 2.95. The molecule has 1 saturated heterocycles. The predicted octanol–water partition coefficient (Wildman–Crippen LogP) is 4.63. The Balaban J connectivity index is 1.54. The Kier molecular flexibility index (Phi) is 9.30. The highest BCUT2D eigenvalue weighted by atomic mass is 16.5. The lowest BCUT2D eigenvalue weighted by Gasteiger charge is -2.32. The number of ether oxygens (including phenoxy) is 2. The molecule has 38 heavy (non-hydrogen) atoms. The number of nitrogens with zero attached hydrogens (tertiary/aromatic N) is 3. The molecule has 2 aromatic carbocycles. The Morgan fingerprint density at radius 2 is 2.00 bits per heavy atom. The van der Waals surface area contributed by atoms with Crippen LogP contribution in [0.3, 0.4) is 0 Å². The standard InChI is InChI=1S/C30H35N5O3/c1-4-38-28-11-10-22-8-9-23(18-25(22)29(28)32-20-21(2)19-31)26-6-5-7-27(34-26)30(36)33-24-12-14-35(15-13-24)16-17-37-3/h5-11,18,24,32H,2,4,12-17,20H2,1,3H3,(H,33,36). The summed E-state index contributed by atoms with van der Waals surface area (Å²) < 4.78 is 11.0. The van der Waals surface area contributed by atoms with Gasteiger partial charge in [-0.1, -0.05) is 30.8 Å². The Morgan fingerprint density at radius 3 is 2.74 bits per heavy atom. The molecule has 0 unspecified atom stereocenters. The second-order valence-electron chi connectivity index (χ2n) is 9.37. The van der Waals surface area contributed by atoms with Crippen LogP contribution in [-0.2, 0) is 4.74 Å². The highest BCUT2D eigenvalue weighted by Gasteiger charge is 2.21. The average molecular weight is 514 g/mol. The fourth-order valence-corrected chi connectivity index (χ4v) is 4.65. The Hall–Kier alpha value is -3.93. The van der Waals surface area contributed by atoms with Crippen LogP contribution in [0, 0.1) is 11.3 Å². The van der Waals surface area contributed by atoms with Gasteiger partial charge in [-0.2, -0.15) is 5.26 Å². The van der Waals surface area contributed by atoms with E-state index in [9.17, 15) is 4.79 Å². The van der Waals surface area contributed by atoms with Crippen LogP contribution in [0.1, 0.15) is 30.3 Å². The second kappa shape index (κ2) is 13.0. The van der Waals surface area contributed by atoms with Gasteiger partial charge in [0.1, 0.15) is 11.4 Å². The van der Waals surface area contributed by atoms with Crippen molar-refractivity contribution in [2.45, 2.75) is 25.8 Å². The van der Waals surface area contributed by atoms with Gasteiger partial charge in [-0.25, -0.2) is 4.98 Å². The van der Waals surface area contributed by atoms with E-state index in [0.29, 0.717) is 35.9 Å². The maximum absolute atomic E-state index is 13.0. The number of nitriles is 1. The monoisotopic (exact) mass is 513 g/mol. The van der Waals surface area contributed by atoms with E-state index in [4.69, 9.17) is 19.7 Å². The van der Waals surface area contributed by atoms with E-state index >= 15 is 0 Å². The molecule has 1 aliphatic heterocycles. The molecule has 2 heterocycles. The lowest BCUT2D eigenvalue weighted by molar-refractivity contribution is 0.0888. The van der Waals surface area contributed by atoms with Crippen molar-refractivity contribution in [1.82, 2.24) is 15.2 Å². The first-order valence-corrected chi connectivity index (χ1v) is 13.0. The van der Waals surface area contributed by atoms with Crippen LogP contribution in [0.4, 0.5) is 5.69 Å². The zero-order valence-electron chi connectivity index (χ0n) is 22.1. The van der Waals surface area contributed by atoms with Crippen LogP contribution in [0.15, 0.2) is 60.7 Å². The van der Waals surface area contributed by atoms with E-state index in [1.54, 1.807) is 13.2 Å². The van der Waals surface area contributed by atoms with Crippen LogP contribution in [-0.4, -0.2) is 68.3 Å². The highest BCUT2D eigenvalue weighted by Crippen LogP contribution is 2.36. The molecular formula is C30H35N5O3. The SMILES string of the molecule is C=C(C#N)CNc1c(OCC)ccc2ccc(-c3cccc(C(=O)NC4CCN(CCOC)CC4)n3)cc12. The molecular weight excluding hydrogens is 478 g/mol. The van der Waals surface area contributed by atoms with E-state index < -0.39 is 0 Å². The first-order valence-electron chi connectivity index (χ1n) is 13.0. The highest BCUT2D eigenvalue weighted by molar-refractivity contribution is 5.99. The number of pyridine rings is 1. The van der Waals surface area contributed by atoms with E-state index in [-0.39, 0.29) is 11.9 Å². The minimum Gasteiger partial charge on any atom is -0.492 e. The molecule has 0 radical (unpaired) electrons. The summed E-state index contributed by atoms with van der Waals surface area (Å²) in [5, 5.41) is 17.6. The van der Waals surface area contributed by atoms with Gasteiger partial charge >= 0.3 is 0 Å². The van der Waals surface area contributed by atoms with Gasteiger partial charge in [0, 0.05) is 55.9 Å². The van der Waals surface area contributed by atoms with Crippen molar-refractivity contribution < 1.29 is 14.3 Å². The number of carbonyl (C=O) groups is 1. The van der Waals surface area contributed by atoms with Crippen molar-refractivity contribution in [3.8, 4) is 23.1 Å². The molecule has 0 spiro atoms. The number of likely N-dealkylation sites (tertiary alicyclic amines) is 1. The van der Waals surface area contributed by atoms with Gasteiger partial charge in [-0.3, -0.25) is 4.79 Å². The molecule has 2 N–H and O–H groups in total. The molecule has 3 aromatic rings. The van der Waals surface area contributed by atoms with Crippen molar-refractivity contribution in [1.29, 1.82) is 5.26 Å². The van der Waals surface area contributed by atoms with Gasteiger partial charge in [0.15, 0.2) is 0 Å². The maximum Gasteiger partial charge on any atom is 0.270 e. The Morgan fingerprint density at radius 1 is 1.21 bits per heavy atom. The minimum absolute atomic E-state index is 0.140. The zero-order chi connectivity index (χ0) is 26.9. The fraction of sp³-hybridized carbons (Fsp3) is 0.367. The zero-order valence-corrected chi connectivity index (χ0v) is 22.1. The number of anilines is 1. The van der Waals surface area contributed by atoms with E-state index in [1.807, 2.05) is 49.4 Å². The number of piperidine rings is 1.